The molecule has 10 nitrogen and oxygen atoms in total. The molecule has 0 aromatic heterocycles. The molecule has 4 atom stereocenters. The molecule has 0 saturated heterocycles. The van der Waals surface area contributed by atoms with Gasteiger partial charge in [0.15, 0.2) is 0 Å². The molecular formula is C22H46N6O4. The Balaban J connectivity index is 0. The van der Waals surface area contributed by atoms with Gasteiger partial charge in [0.25, 0.3) is 0 Å². The number of aliphatic hydroxyl groups is 2. The minimum absolute atomic E-state index is 0.341. The summed E-state index contributed by atoms with van der Waals surface area (Å²) in [5.74, 6) is -0.793. The molecule has 0 heterocycles. The number of hydrogen-bond acceptors (Lipinski definition) is 6. The van der Waals surface area contributed by atoms with Crippen molar-refractivity contribution in [1.82, 2.24) is 10.6 Å². The second kappa shape index (κ2) is 22.3. The Hall–Kier alpha value is -1.87. The summed E-state index contributed by atoms with van der Waals surface area (Å²) in [5.41, 5.74) is 14.1. The van der Waals surface area contributed by atoms with Crippen molar-refractivity contribution >= 4 is 11.8 Å². The Bertz CT molecular complexity index is 529. The van der Waals surface area contributed by atoms with Crippen LogP contribution in [0.15, 0.2) is 5.11 Å². The molecular weight excluding hydrogens is 412 g/mol. The van der Waals surface area contributed by atoms with E-state index >= 15 is 0 Å². The Morgan fingerprint density at radius 2 is 1.28 bits per heavy atom. The van der Waals surface area contributed by atoms with Crippen molar-refractivity contribution in [3.8, 4) is 0 Å². The predicted molar refractivity (Wildman–Crippen MR) is 128 cm³/mol. The van der Waals surface area contributed by atoms with Crippen LogP contribution >= 0.6 is 0 Å². The first kappa shape index (κ1) is 32.3. The highest BCUT2D eigenvalue weighted by Gasteiger charge is 2.24. The topological polar surface area (TPSA) is 173 Å². The number of azide groups is 1. The van der Waals surface area contributed by atoms with Crippen LogP contribution < -0.4 is 16.4 Å². The molecule has 0 aromatic rings. The van der Waals surface area contributed by atoms with E-state index in [2.05, 4.69) is 34.5 Å². The number of carbonyl (C=O) groups excluding carboxylic acids is 2. The van der Waals surface area contributed by atoms with Crippen LogP contribution in [0.1, 0.15) is 91.9 Å². The van der Waals surface area contributed by atoms with Gasteiger partial charge in [0.2, 0.25) is 11.8 Å². The quantitative estimate of drug-likeness (QED) is 0.0973. The summed E-state index contributed by atoms with van der Waals surface area (Å²) >= 11 is 0. The number of amides is 2. The van der Waals surface area contributed by atoms with Gasteiger partial charge in [-0.3, -0.25) is 9.59 Å². The Morgan fingerprint density at radius 1 is 0.844 bits per heavy atom. The maximum Gasteiger partial charge on any atom is 0.250 e. The summed E-state index contributed by atoms with van der Waals surface area (Å²) in [7, 11) is 0. The summed E-state index contributed by atoms with van der Waals surface area (Å²) in [6.45, 7) is 9.29. The van der Waals surface area contributed by atoms with E-state index in [0.29, 0.717) is 25.9 Å². The first-order valence-electron chi connectivity index (χ1n) is 12.0. The highest BCUT2D eigenvalue weighted by Crippen LogP contribution is 2.10. The number of hydrogen-bond donors (Lipinski definition) is 5. The molecule has 0 fully saturated rings. The molecule has 0 radical (unpaired) electrons. The number of unbranched alkanes of at least 4 members (excludes halogenated alkanes) is 4. The second-order valence-corrected chi connectivity index (χ2v) is 7.90. The van der Waals surface area contributed by atoms with Gasteiger partial charge in [0.05, 0.1) is 6.04 Å². The highest BCUT2D eigenvalue weighted by molar-refractivity contribution is 5.81. The van der Waals surface area contributed by atoms with Crippen LogP contribution in [0.5, 0.6) is 0 Å². The highest BCUT2D eigenvalue weighted by atomic mass is 16.3. The molecule has 0 aromatic carbocycles. The standard InChI is InChI=1S/C11H22N4O2.C11H24N2O2/c1-3-5-7-9(14-15-12)10(16)11(17)13-8-6-4-2;1-3-5-7-9(12)10(14)11(15)13-8-6-4-2/h9-10,16H,3-8H2,1-2H3,(H,13,17);9-10,14H,3-8,12H2,1-2H3,(H,13,15)/t2*9-,10-/m00/s1. The van der Waals surface area contributed by atoms with Crippen LogP contribution in [-0.2, 0) is 9.59 Å². The third kappa shape index (κ3) is 16.8. The third-order valence-electron chi connectivity index (χ3n) is 4.91. The van der Waals surface area contributed by atoms with E-state index in [-0.39, 0.29) is 5.91 Å². The minimum Gasteiger partial charge on any atom is -0.383 e. The van der Waals surface area contributed by atoms with Gasteiger partial charge in [-0.1, -0.05) is 71.3 Å². The molecule has 2 amide bonds. The van der Waals surface area contributed by atoms with Gasteiger partial charge in [-0.15, -0.1) is 0 Å². The van der Waals surface area contributed by atoms with Gasteiger partial charge in [-0.25, -0.2) is 0 Å². The van der Waals surface area contributed by atoms with E-state index in [0.717, 1.165) is 51.4 Å². The SMILES string of the molecule is CCCCNC(=O)[C@@H](O)[C@@H](N)CCCC.CCCCNC(=O)[C@@H](O)[C@H](CCCC)N=[N+]=[N-]. The minimum atomic E-state index is -1.24. The Labute approximate surface area is 193 Å². The van der Waals surface area contributed by atoms with Crippen molar-refractivity contribution in [2.45, 2.75) is 116 Å². The number of nitrogens with one attached hydrogen (secondary N) is 2. The summed E-state index contributed by atoms with van der Waals surface area (Å²) in [6, 6.07) is -1.10. The van der Waals surface area contributed by atoms with Gasteiger partial charge in [-0.05, 0) is 31.2 Å². The lowest BCUT2D eigenvalue weighted by atomic mass is 10.0. The summed E-state index contributed by atoms with van der Waals surface area (Å²) < 4.78 is 0. The zero-order chi connectivity index (χ0) is 24.8. The van der Waals surface area contributed by atoms with Crippen molar-refractivity contribution in [2.24, 2.45) is 10.8 Å². The molecule has 10 heteroatoms. The normalized spacial score (nSPS) is 14.1. The lowest BCUT2D eigenvalue weighted by Gasteiger charge is -2.17. The second-order valence-electron chi connectivity index (χ2n) is 7.90. The number of aliphatic hydroxyl groups excluding tert-OH is 2. The molecule has 0 saturated carbocycles. The van der Waals surface area contributed by atoms with Crippen LogP contribution in [0.3, 0.4) is 0 Å². The average molecular weight is 459 g/mol. The van der Waals surface area contributed by atoms with Gasteiger partial charge >= 0.3 is 0 Å². The first-order valence-corrected chi connectivity index (χ1v) is 12.0. The van der Waals surface area contributed by atoms with Crippen molar-refractivity contribution in [1.29, 1.82) is 0 Å². The fourth-order valence-corrected chi connectivity index (χ4v) is 2.71. The molecule has 188 valence electrons. The van der Waals surface area contributed by atoms with Crippen molar-refractivity contribution in [2.75, 3.05) is 13.1 Å². The number of rotatable bonds is 17. The van der Waals surface area contributed by atoms with Crippen LogP contribution in [-0.4, -0.2) is 59.4 Å². The predicted octanol–water partition coefficient (Wildman–Crippen LogP) is 2.91. The van der Waals surface area contributed by atoms with Crippen molar-refractivity contribution < 1.29 is 19.8 Å². The van der Waals surface area contributed by atoms with Crippen LogP contribution in [0.25, 0.3) is 10.4 Å². The molecule has 0 aliphatic heterocycles. The van der Waals surface area contributed by atoms with E-state index in [4.69, 9.17) is 11.3 Å². The van der Waals surface area contributed by atoms with Gasteiger partial charge in [0.1, 0.15) is 12.2 Å². The fraction of sp³-hybridized carbons (Fsp3) is 0.909. The zero-order valence-electron chi connectivity index (χ0n) is 20.4. The molecule has 0 aliphatic carbocycles. The molecule has 0 spiro atoms. The van der Waals surface area contributed by atoms with E-state index in [9.17, 15) is 19.8 Å². The van der Waals surface area contributed by atoms with Crippen molar-refractivity contribution in [3.05, 3.63) is 10.4 Å². The maximum absolute atomic E-state index is 11.6. The van der Waals surface area contributed by atoms with E-state index in [1.54, 1.807) is 0 Å². The molecule has 6 N–H and O–H groups in total. The van der Waals surface area contributed by atoms with Crippen molar-refractivity contribution in [3.63, 3.8) is 0 Å². The van der Waals surface area contributed by atoms with Gasteiger partial charge in [-0.2, -0.15) is 0 Å². The lowest BCUT2D eigenvalue weighted by Crippen LogP contribution is -2.46. The van der Waals surface area contributed by atoms with Gasteiger partial charge < -0.3 is 26.6 Å². The molecule has 32 heavy (non-hydrogen) atoms. The first-order chi connectivity index (χ1) is 15.3. The monoisotopic (exact) mass is 458 g/mol. The summed E-state index contributed by atoms with van der Waals surface area (Å²) in [4.78, 5) is 25.6. The van der Waals surface area contributed by atoms with E-state index in [1.807, 2.05) is 13.8 Å². The largest absolute Gasteiger partial charge is 0.383 e. The Kier molecular flexibility index (Phi) is 22.5. The van der Waals surface area contributed by atoms with E-state index < -0.39 is 30.2 Å². The molecule has 0 aliphatic rings. The number of nitrogens with zero attached hydrogens (tertiary/aromatic N) is 3. The zero-order valence-corrected chi connectivity index (χ0v) is 20.4. The molecule has 0 bridgehead atoms. The third-order valence-corrected chi connectivity index (χ3v) is 4.91. The Morgan fingerprint density at radius 3 is 1.72 bits per heavy atom. The van der Waals surface area contributed by atoms with Crippen LogP contribution in [0.2, 0.25) is 0 Å². The summed E-state index contributed by atoms with van der Waals surface area (Å²) in [6.07, 6.45) is 6.46. The fourth-order valence-electron chi connectivity index (χ4n) is 2.71. The number of carbonyl (C=O) groups is 2. The molecule has 0 rings (SSSR count). The lowest BCUT2D eigenvalue weighted by molar-refractivity contribution is -0.131. The van der Waals surface area contributed by atoms with Gasteiger partial charge in [0, 0.05) is 24.0 Å². The van der Waals surface area contributed by atoms with Crippen LogP contribution in [0.4, 0.5) is 0 Å². The average Bonchev–Trinajstić information content (AvgIpc) is 2.79. The smallest absolute Gasteiger partial charge is 0.250 e. The van der Waals surface area contributed by atoms with E-state index in [1.165, 1.54) is 0 Å². The number of nitrogens with two attached hydrogens (primary N) is 1. The molecule has 0 unspecified atom stereocenters. The van der Waals surface area contributed by atoms with Crippen LogP contribution in [0, 0.1) is 0 Å². The summed E-state index contributed by atoms with van der Waals surface area (Å²) in [5, 5.41) is 28.1. The maximum atomic E-state index is 11.6.